The van der Waals surface area contributed by atoms with Crippen molar-refractivity contribution in [1.82, 2.24) is 10.3 Å². The van der Waals surface area contributed by atoms with Gasteiger partial charge in [0.1, 0.15) is 5.82 Å². The Kier molecular flexibility index (Phi) is 4.53. The van der Waals surface area contributed by atoms with Gasteiger partial charge in [0.2, 0.25) is 0 Å². The predicted molar refractivity (Wildman–Crippen MR) is 81.0 cm³/mol. The molecule has 3 rings (SSSR count). The molecule has 0 amide bonds. The molecule has 1 saturated heterocycles. The molecular formula is C16H25N3O. The lowest BCUT2D eigenvalue weighted by Gasteiger charge is -2.44. The Morgan fingerprint density at radius 3 is 3.20 bits per heavy atom. The Morgan fingerprint density at radius 2 is 2.30 bits per heavy atom. The average molecular weight is 275 g/mol. The highest BCUT2D eigenvalue weighted by Gasteiger charge is 2.34. The molecule has 1 aliphatic carbocycles. The second-order valence-corrected chi connectivity index (χ2v) is 5.76. The Morgan fingerprint density at radius 1 is 1.40 bits per heavy atom. The van der Waals surface area contributed by atoms with E-state index in [1.54, 1.807) is 0 Å². The molecule has 110 valence electrons. The van der Waals surface area contributed by atoms with E-state index in [9.17, 15) is 0 Å². The first-order valence-electron chi connectivity index (χ1n) is 7.92. The van der Waals surface area contributed by atoms with Gasteiger partial charge in [-0.25, -0.2) is 4.98 Å². The summed E-state index contributed by atoms with van der Waals surface area (Å²) < 4.78 is 5.95. The molecule has 4 heteroatoms. The highest BCUT2D eigenvalue weighted by molar-refractivity contribution is 5.43. The number of ether oxygens (including phenoxy) is 1. The number of nitrogens with one attached hydrogen (secondary N) is 1. The Bertz CT molecular complexity index is 435. The van der Waals surface area contributed by atoms with Crippen LogP contribution in [0.5, 0.6) is 0 Å². The van der Waals surface area contributed by atoms with Gasteiger partial charge >= 0.3 is 0 Å². The summed E-state index contributed by atoms with van der Waals surface area (Å²) in [7, 11) is 0. The Hall–Kier alpha value is -1.13. The first-order chi connectivity index (χ1) is 9.88. The van der Waals surface area contributed by atoms with Crippen molar-refractivity contribution < 1.29 is 4.74 Å². The van der Waals surface area contributed by atoms with Crippen molar-refractivity contribution in [3.8, 4) is 0 Å². The summed E-state index contributed by atoms with van der Waals surface area (Å²) in [4.78, 5) is 7.08. The molecular weight excluding hydrogens is 250 g/mol. The monoisotopic (exact) mass is 275 g/mol. The molecule has 0 bridgehead atoms. The lowest BCUT2D eigenvalue weighted by atomic mass is 9.90. The topological polar surface area (TPSA) is 37.4 Å². The zero-order valence-corrected chi connectivity index (χ0v) is 12.3. The molecule has 2 heterocycles. The van der Waals surface area contributed by atoms with Crippen LogP contribution in [0.25, 0.3) is 0 Å². The van der Waals surface area contributed by atoms with Gasteiger partial charge in [-0.1, -0.05) is 19.8 Å². The number of nitrogens with zero attached hydrogens (tertiary/aromatic N) is 2. The molecule has 0 radical (unpaired) electrons. The summed E-state index contributed by atoms with van der Waals surface area (Å²) >= 11 is 0. The van der Waals surface area contributed by atoms with Crippen LogP contribution in [0.3, 0.4) is 0 Å². The van der Waals surface area contributed by atoms with Crippen LogP contribution in [0.4, 0.5) is 5.82 Å². The third-order valence-electron chi connectivity index (χ3n) is 4.42. The number of rotatable bonds is 4. The van der Waals surface area contributed by atoms with Gasteiger partial charge in [-0.2, -0.15) is 0 Å². The van der Waals surface area contributed by atoms with Gasteiger partial charge in [0, 0.05) is 19.3 Å². The zero-order chi connectivity index (χ0) is 13.8. The molecule has 2 atom stereocenters. The fourth-order valence-electron chi connectivity index (χ4n) is 3.38. The van der Waals surface area contributed by atoms with Crippen molar-refractivity contribution in [2.75, 3.05) is 24.6 Å². The number of hydrogen-bond donors (Lipinski definition) is 1. The normalized spacial score (nSPS) is 26.4. The molecule has 1 aliphatic heterocycles. The molecule has 1 saturated carbocycles. The lowest BCUT2D eigenvalue weighted by molar-refractivity contribution is -0.00899. The van der Waals surface area contributed by atoms with Gasteiger partial charge in [-0.05, 0) is 37.1 Å². The number of fused-ring (bicyclic) bond motifs is 1. The minimum atomic E-state index is 0.414. The molecule has 4 nitrogen and oxygen atoms in total. The van der Waals surface area contributed by atoms with E-state index in [1.165, 1.54) is 31.2 Å². The molecule has 1 aromatic heterocycles. The Labute approximate surface area is 121 Å². The summed E-state index contributed by atoms with van der Waals surface area (Å²) in [5.41, 5.74) is 1.32. The minimum Gasteiger partial charge on any atom is -0.374 e. The summed E-state index contributed by atoms with van der Waals surface area (Å²) in [6.45, 7) is 5.86. The average Bonchev–Trinajstić information content (AvgIpc) is 2.52. The van der Waals surface area contributed by atoms with Crippen LogP contribution in [-0.4, -0.2) is 36.8 Å². The fraction of sp³-hybridized carbons (Fsp3) is 0.688. The first-order valence-corrected chi connectivity index (χ1v) is 7.92. The second-order valence-electron chi connectivity index (χ2n) is 5.76. The van der Waals surface area contributed by atoms with Crippen molar-refractivity contribution in [2.24, 2.45) is 0 Å². The molecule has 0 aromatic carbocycles. The maximum Gasteiger partial charge on any atom is 0.129 e. The van der Waals surface area contributed by atoms with Gasteiger partial charge in [0.05, 0.1) is 18.8 Å². The van der Waals surface area contributed by atoms with E-state index in [-0.39, 0.29) is 0 Å². The van der Waals surface area contributed by atoms with E-state index >= 15 is 0 Å². The van der Waals surface area contributed by atoms with Gasteiger partial charge in [-0.3, -0.25) is 0 Å². The first kappa shape index (κ1) is 13.8. The number of pyridine rings is 1. The van der Waals surface area contributed by atoms with Gasteiger partial charge in [0.25, 0.3) is 0 Å². The van der Waals surface area contributed by atoms with Crippen LogP contribution in [0.15, 0.2) is 18.3 Å². The van der Waals surface area contributed by atoms with E-state index in [1.807, 2.05) is 6.20 Å². The summed E-state index contributed by atoms with van der Waals surface area (Å²) in [5, 5.41) is 3.38. The molecule has 2 aliphatic rings. The van der Waals surface area contributed by atoms with Crippen molar-refractivity contribution in [1.29, 1.82) is 0 Å². The highest BCUT2D eigenvalue weighted by Crippen LogP contribution is 2.31. The molecule has 20 heavy (non-hydrogen) atoms. The van der Waals surface area contributed by atoms with E-state index in [0.29, 0.717) is 12.1 Å². The van der Waals surface area contributed by atoms with Crippen molar-refractivity contribution in [3.63, 3.8) is 0 Å². The second kappa shape index (κ2) is 6.55. The minimum absolute atomic E-state index is 0.414. The van der Waals surface area contributed by atoms with E-state index in [2.05, 4.69) is 34.3 Å². The van der Waals surface area contributed by atoms with Crippen LogP contribution in [0.1, 0.15) is 38.2 Å². The van der Waals surface area contributed by atoms with Gasteiger partial charge in [0.15, 0.2) is 0 Å². The van der Waals surface area contributed by atoms with Crippen LogP contribution in [-0.2, 0) is 11.3 Å². The standard InChI is InChI=1S/C16H25N3O/c1-2-17-12-13-7-8-18-16(11-13)19-9-10-20-15-6-4-3-5-14(15)19/h7-8,11,14-15,17H,2-6,9-10,12H2,1H3. The maximum atomic E-state index is 5.95. The van der Waals surface area contributed by atoms with Crippen molar-refractivity contribution in [3.05, 3.63) is 23.9 Å². The molecule has 2 unspecified atom stereocenters. The fourth-order valence-corrected chi connectivity index (χ4v) is 3.38. The SMILES string of the molecule is CCNCc1ccnc(N2CCOC3CCCCC32)c1. The quantitative estimate of drug-likeness (QED) is 0.915. The summed E-state index contributed by atoms with van der Waals surface area (Å²) in [6, 6.07) is 4.87. The van der Waals surface area contributed by atoms with Crippen LogP contribution >= 0.6 is 0 Å². The van der Waals surface area contributed by atoms with Gasteiger partial charge in [-0.15, -0.1) is 0 Å². The molecule has 0 spiro atoms. The smallest absolute Gasteiger partial charge is 0.129 e. The number of morpholine rings is 1. The van der Waals surface area contributed by atoms with Crippen molar-refractivity contribution >= 4 is 5.82 Å². The van der Waals surface area contributed by atoms with Crippen LogP contribution in [0, 0.1) is 0 Å². The third kappa shape index (κ3) is 2.96. The number of aromatic nitrogens is 1. The summed E-state index contributed by atoms with van der Waals surface area (Å²) in [6.07, 6.45) is 7.43. The molecule has 1 aromatic rings. The van der Waals surface area contributed by atoms with Crippen LogP contribution < -0.4 is 10.2 Å². The third-order valence-corrected chi connectivity index (χ3v) is 4.42. The lowest BCUT2D eigenvalue weighted by Crippen LogP contribution is -2.53. The maximum absolute atomic E-state index is 5.95. The van der Waals surface area contributed by atoms with E-state index < -0.39 is 0 Å². The number of hydrogen-bond acceptors (Lipinski definition) is 4. The zero-order valence-electron chi connectivity index (χ0n) is 12.3. The van der Waals surface area contributed by atoms with Crippen molar-refractivity contribution in [2.45, 2.75) is 51.3 Å². The molecule has 1 N–H and O–H groups in total. The molecule has 2 fully saturated rings. The summed E-state index contributed by atoms with van der Waals surface area (Å²) in [5.74, 6) is 1.13. The Balaban J connectivity index is 1.76. The van der Waals surface area contributed by atoms with Crippen LogP contribution in [0.2, 0.25) is 0 Å². The largest absolute Gasteiger partial charge is 0.374 e. The van der Waals surface area contributed by atoms with E-state index in [4.69, 9.17) is 4.74 Å². The number of anilines is 1. The predicted octanol–water partition coefficient (Wildman–Crippen LogP) is 2.34. The van der Waals surface area contributed by atoms with Gasteiger partial charge < -0.3 is 15.0 Å². The highest BCUT2D eigenvalue weighted by atomic mass is 16.5. The van der Waals surface area contributed by atoms with E-state index in [0.717, 1.165) is 32.1 Å².